The third-order valence-corrected chi connectivity index (χ3v) is 2.26. The Kier molecular flexibility index (Phi) is 2.41. The lowest BCUT2D eigenvalue weighted by Crippen LogP contribution is -1.90. The lowest BCUT2D eigenvalue weighted by atomic mass is 10.0. The Morgan fingerprint density at radius 1 is 1.19 bits per heavy atom. The zero-order valence-corrected chi connectivity index (χ0v) is 8.68. The summed E-state index contributed by atoms with van der Waals surface area (Å²) in [4.78, 5) is 0. The van der Waals surface area contributed by atoms with Crippen molar-refractivity contribution in [2.45, 2.75) is 0 Å². The summed E-state index contributed by atoms with van der Waals surface area (Å²) in [5, 5.41) is 22.0. The van der Waals surface area contributed by atoms with Crippen molar-refractivity contribution >= 4 is 0 Å². The van der Waals surface area contributed by atoms with Gasteiger partial charge in [-0.1, -0.05) is 6.07 Å². The molecule has 0 unspecified atom stereocenters. The molecule has 0 radical (unpaired) electrons. The largest absolute Gasteiger partial charge is 0.275 e. The number of aromatic nitrogens is 2. The molecule has 0 atom stereocenters. The predicted molar refractivity (Wildman–Crippen MR) is 58.1 cm³/mol. The first-order valence-electron chi connectivity index (χ1n) is 4.69. The van der Waals surface area contributed by atoms with Crippen molar-refractivity contribution in [2.75, 3.05) is 0 Å². The molecule has 0 aliphatic rings. The van der Waals surface area contributed by atoms with Gasteiger partial charge in [-0.3, -0.25) is 4.68 Å². The van der Waals surface area contributed by atoms with Gasteiger partial charge in [-0.2, -0.15) is 15.6 Å². The monoisotopic (exact) mass is 208 g/mol. The van der Waals surface area contributed by atoms with Crippen LogP contribution < -0.4 is 0 Å². The Morgan fingerprint density at radius 3 is 2.56 bits per heavy atom. The maximum absolute atomic E-state index is 9.01. The van der Waals surface area contributed by atoms with E-state index in [2.05, 4.69) is 11.2 Å². The summed E-state index contributed by atoms with van der Waals surface area (Å²) in [7, 11) is 1.82. The van der Waals surface area contributed by atoms with E-state index in [1.807, 2.05) is 25.4 Å². The molecule has 0 spiro atoms. The number of hydrogen-bond acceptors (Lipinski definition) is 3. The zero-order valence-electron chi connectivity index (χ0n) is 8.68. The van der Waals surface area contributed by atoms with Crippen LogP contribution in [0.15, 0.2) is 30.5 Å². The Morgan fingerprint density at radius 2 is 2.00 bits per heavy atom. The highest BCUT2D eigenvalue weighted by Crippen LogP contribution is 2.22. The van der Waals surface area contributed by atoms with Crippen LogP contribution in [-0.4, -0.2) is 9.78 Å². The van der Waals surface area contributed by atoms with Crippen molar-refractivity contribution in [3.8, 4) is 23.4 Å². The Balaban J connectivity index is 2.59. The highest BCUT2D eigenvalue weighted by atomic mass is 15.2. The molecule has 0 amide bonds. The minimum Gasteiger partial charge on any atom is -0.275 e. The summed E-state index contributed by atoms with van der Waals surface area (Å²) in [6.07, 6.45) is 1.81. The van der Waals surface area contributed by atoms with Crippen LogP contribution in [0.5, 0.6) is 0 Å². The first-order chi connectivity index (χ1) is 7.74. The van der Waals surface area contributed by atoms with Gasteiger partial charge < -0.3 is 0 Å². The van der Waals surface area contributed by atoms with Crippen molar-refractivity contribution in [3.63, 3.8) is 0 Å². The van der Waals surface area contributed by atoms with Gasteiger partial charge in [0.05, 0.1) is 29.0 Å². The molecule has 4 nitrogen and oxygen atoms in total. The topological polar surface area (TPSA) is 65.4 Å². The van der Waals surface area contributed by atoms with Gasteiger partial charge in [-0.05, 0) is 18.2 Å². The van der Waals surface area contributed by atoms with Crippen molar-refractivity contribution < 1.29 is 0 Å². The fourth-order valence-corrected chi connectivity index (χ4v) is 1.49. The smallest absolute Gasteiger partial charge is 0.0999 e. The van der Waals surface area contributed by atoms with Gasteiger partial charge in [-0.25, -0.2) is 0 Å². The van der Waals surface area contributed by atoms with Gasteiger partial charge in [0, 0.05) is 18.8 Å². The highest BCUT2D eigenvalue weighted by Gasteiger charge is 2.08. The van der Waals surface area contributed by atoms with Crippen molar-refractivity contribution in [3.05, 3.63) is 41.6 Å². The molecule has 2 rings (SSSR count). The van der Waals surface area contributed by atoms with E-state index >= 15 is 0 Å². The summed E-state index contributed by atoms with van der Waals surface area (Å²) in [6, 6.07) is 10.9. The number of aryl methyl sites for hydroxylation is 1. The molecule has 2 aromatic rings. The number of rotatable bonds is 1. The molecule has 0 saturated carbocycles. The minimum absolute atomic E-state index is 0.470. The first kappa shape index (κ1) is 9.95. The molecule has 16 heavy (non-hydrogen) atoms. The Bertz CT molecular complexity index is 611. The van der Waals surface area contributed by atoms with Crippen LogP contribution in [0.25, 0.3) is 11.3 Å². The third kappa shape index (κ3) is 1.65. The summed E-state index contributed by atoms with van der Waals surface area (Å²) in [5.74, 6) is 0. The molecule has 0 aliphatic carbocycles. The van der Waals surface area contributed by atoms with E-state index in [4.69, 9.17) is 10.5 Å². The molecular formula is C12H8N4. The number of nitriles is 2. The fraction of sp³-hybridized carbons (Fsp3) is 0.0833. The number of nitrogens with zero attached hydrogens (tertiary/aromatic N) is 4. The van der Waals surface area contributed by atoms with Gasteiger partial charge in [0.15, 0.2) is 0 Å². The SMILES string of the molecule is Cn1ccc(-c2ccc(C#N)cc2C#N)n1. The average Bonchev–Trinajstić information content (AvgIpc) is 2.74. The van der Waals surface area contributed by atoms with Gasteiger partial charge in [-0.15, -0.1) is 0 Å². The van der Waals surface area contributed by atoms with Crippen LogP contribution in [0.2, 0.25) is 0 Å². The quantitative estimate of drug-likeness (QED) is 0.718. The van der Waals surface area contributed by atoms with Crippen LogP contribution in [0.1, 0.15) is 11.1 Å². The molecule has 0 fully saturated rings. The van der Waals surface area contributed by atoms with Gasteiger partial charge in [0.1, 0.15) is 0 Å². The van der Waals surface area contributed by atoms with Crippen LogP contribution in [-0.2, 0) is 7.05 Å². The minimum atomic E-state index is 0.470. The second-order valence-electron chi connectivity index (χ2n) is 3.36. The maximum atomic E-state index is 9.01. The van der Waals surface area contributed by atoms with E-state index in [0.29, 0.717) is 11.1 Å². The van der Waals surface area contributed by atoms with E-state index < -0.39 is 0 Å². The van der Waals surface area contributed by atoms with E-state index in [1.54, 1.807) is 22.9 Å². The molecule has 4 heteroatoms. The third-order valence-electron chi connectivity index (χ3n) is 2.26. The number of benzene rings is 1. The van der Waals surface area contributed by atoms with Gasteiger partial charge in [0.2, 0.25) is 0 Å². The van der Waals surface area contributed by atoms with E-state index in [9.17, 15) is 0 Å². The van der Waals surface area contributed by atoms with Crippen molar-refractivity contribution in [1.82, 2.24) is 9.78 Å². The van der Waals surface area contributed by atoms with E-state index in [0.717, 1.165) is 11.3 Å². The standard InChI is InChI=1S/C12H8N4/c1-16-5-4-12(15-16)11-3-2-9(7-13)6-10(11)8-14/h2-6H,1H3. The van der Waals surface area contributed by atoms with E-state index in [-0.39, 0.29) is 0 Å². The van der Waals surface area contributed by atoms with Crippen molar-refractivity contribution in [2.24, 2.45) is 7.05 Å². The summed E-state index contributed by atoms with van der Waals surface area (Å²) >= 11 is 0. The van der Waals surface area contributed by atoms with Crippen LogP contribution in [0.4, 0.5) is 0 Å². The average molecular weight is 208 g/mol. The predicted octanol–water partition coefficient (Wildman–Crippen LogP) is 1.83. The second-order valence-corrected chi connectivity index (χ2v) is 3.36. The fourth-order valence-electron chi connectivity index (χ4n) is 1.49. The Labute approximate surface area is 93.0 Å². The number of hydrogen-bond donors (Lipinski definition) is 0. The molecule has 0 bridgehead atoms. The molecule has 0 saturated heterocycles. The molecule has 1 aromatic carbocycles. The summed E-state index contributed by atoms with van der Waals surface area (Å²) in [6.45, 7) is 0. The lowest BCUT2D eigenvalue weighted by molar-refractivity contribution is 0.771. The molecular weight excluding hydrogens is 200 g/mol. The molecule has 1 heterocycles. The molecule has 0 aliphatic heterocycles. The van der Waals surface area contributed by atoms with Crippen LogP contribution >= 0.6 is 0 Å². The van der Waals surface area contributed by atoms with Crippen LogP contribution in [0, 0.1) is 22.7 Å². The molecule has 0 N–H and O–H groups in total. The summed E-state index contributed by atoms with van der Waals surface area (Å²) < 4.78 is 1.68. The van der Waals surface area contributed by atoms with Crippen molar-refractivity contribution in [1.29, 1.82) is 10.5 Å². The maximum Gasteiger partial charge on any atom is 0.0999 e. The zero-order chi connectivity index (χ0) is 11.5. The summed E-state index contributed by atoms with van der Waals surface area (Å²) in [5.41, 5.74) is 2.44. The van der Waals surface area contributed by atoms with E-state index in [1.165, 1.54) is 0 Å². The highest BCUT2D eigenvalue weighted by molar-refractivity contribution is 5.68. The normalized spacial score (nSPS) is 9.44. The van der Waals surface area contributed by atoms with Gasteiger partial charge in [0.25, 0.3) is 0 Å². The lowest BCUT2D eigenvalue weighted by Gasteiger charge is -2.00. The second kappa shape index (κ2) is 3.88. The molecule has 76 valence electrons. The van der Waals surface area contributed by atoms with Crippen LogP contribution in [0.3, 0.4) is 0 Å². The van der Waals surface area contributed by atoms with Gasteiger partial charge >= 0.3 is 0 Å². The first-order valence-corrected chi connectivity index (χ1v) is 4.69. The Hall–Kier alpha value is -2.59. The molecule has 1 aromatic heterocycles.